The summed E-state index contributed by atoms with van der Waals surface area (Å²) < 4.78 is 1.28. The molecule has 1 aliphatic heterocycles. The topological polar surface area (TPSA) is 48.5 Å². The third-order valence-corrected chi connectivity index (χ3v) is 6.85. The second kappa shape index (κ2) is 7.96. The van der Waals surface area contributed by atoms with E-state index in [-0.39, 0.29) is 5.91 Å². The van der Waals surface area contributed by atoms with Gasteiger partial charge in [0.15, 0.2) is 5.13 Å². The molecule has 1 fully saturated rings. The summed E-state index contributed by atoms with van der Waals surface area (Å²) in [4.78, 5) is 22.5. The standard InChI is InChI=1S/C20H24N4OS2/c1-14-12-15(2)18-17(13-14)27-20(22-18)24-9-7-23(8-10-24)6-5-21-19(25)16-4-3-11-26-16/h3-4,11-13H,5-10H2,1-2H3,(H,21,25). The second-order valence-corrected chi connectivity index (χ2v) is 8.94. The maximum Gasteiger partial charge on any atom is 0.261 e. The molecule has 1 amide bonds. The fourth-order valence-electron chi connectivity index (χ4n) is 3.48. The first-order chi connectivity index (χ1) is 13.1. The van der Waals surface area contributed by atoms with Gasteiger partial charge in [0.05, 0.1) is 15.1 Å². The minimum atomic E-state index is 0.0313. The summed E-state index contributed by atoms with van der Waals surface area (Å²) in [5.74, 6) is 0.0313. The van der Waals surface area contributed by atoms with Crippen molar-refractivity contribution in [1.82, 2.24) is 15.2 Å². The van der Waals surface area contributed by atoms with Crippen LogP contribution in [-0.4, -0.2) is 55.1 Å². The molecule has 5 nitrogen and oxygen atoms in total. The Hall–Kier alpha value is -1.96. The predicted molar refractivity (Wildman–Crippen MR) is 114 cm³/mol. The lowest BCUT2D eigenvalue weighted by Crippen LogP contribution is -2.48. The SMILES string of the molecule is Cc1cc(C)c2nc(N3CCN(CCNC(=O)c4cccs4)CC3)sc2c1. The lowest BCUT2D eigenvalue weighted by Gasteiger charge is -2.34. The summed E-state index contributed by atoms with van der Waals surface area (Å²) in [6.45, 7) is 9.83. The maximum absolute atomic E-state index is 12.0. The molecular weight excluding hydrogens is 376 g/mol. The molecule has 3 aromatic rings. The van der Waals surface area contributed by atoms with Gasteiger partial charge in [-0.1, -0.05) is 23.5 Å². The summed E-state index contributed by atoms with van der Waals surface area (Å²) in [5, 5.41) is 6.07. The lowest BCUT2D eigenvalue weighted by molar-refractivity contribution is 0.0952. The first kappa shape index (κ1) is 18.4. The van der Waals surface area contributed by atoms with Gasteiger partial charge in [0.25, 0.3) is 5.91 Å². The summed E-state index contributed by atoms with van der Waals surface area (Å²) in [6, 6.07) is 8.20. The second-order valence-electron chi connectivity index (χ2n) is 6.99. The Bertz CT molecular complexity index is 927. The molecule has 4 rings (SSSR count). The van der Waals surface area contributed by atoms with Crippen molar-refractivity contribution < 1.29 is 4.79 Å². The van der Waals surface area contributed by atoms with Crippen LogP contribution in [0.2, 0.25) is 0 Å². The molecule has 1 aromatic carbocycles. The van der Waals surface area contributed by atoms with Crippen molar-refractivity contribution in [3.05, 3.63) is 45.6 Å². The van der Waals surface area contributed by atoms with Crippen LogP contribution in [0.15, 0.2) is 29.6 Å². The van der Waals surface area contributed by atoms with E-state index in [1.54, 1.807) is 11.3 Å². The van der Waals surface area contributed by atoms with Crippen LogP contribution in [0.4, 0.5) is 5.13 Å². The number of piperazine rings is 1. The third-order valence-electron chi connectivity index (χ3n) is 4.92. The van der Waals surface area contributed by atoms with Crippen LogP contribution in [-0.2, 0) is 0 Å². The van der Waals surface area contributed by atoms with Crippen LogP contribution in [0.3, 0.4) is 0 Å². The molecule has 1 saturated heterocycles. The largest absolute Gasteiger partial charge is 0.350 e. The number of fused-ring (bicyclic) bond motifs is 1. The number of hydrogen-bond acceptors (Lipinski definition) is 6. The maximum atomic E-state index is 12.0. The van der Waals surface area contributed by atoms with E-state index in [1.807, 2.05) is 17.5 Å². The van der Waals surface area contributed by atoms with E-state index in [2.05, 4.69) is 41.1 Å². The zero-order valence-corrected chi connectivity index (χ0v) is 17.3. The molecule has 0 atom stereocenters. The normalized spacial score (nSPS) is 15.4. The first-order valence-corrected chi connectivity index (χ1v) is 11.0. The van der Waals surface area contributed by atoms with Crippen molar-refractivity contribution in [2.45, 2.75) is 13.8 Å². The zero-order chi connectivity index (χ0) is 18.8. The molecular formula is C20H24N4OS2. The Morgan fingerprint density at radius 2 is 2.04 bits per heavy atom. The van der Waals surface area contributed by atoms with Gasteiger partial charge in [-0.3, -0.25) is 9.69 Å². The number of nitrogens with zero attached hydrogens (tertiary/aromatic N) is 3. The van der Waals surface area contributed by atoms with E-state index in [0.717, 1.165) is 48.2 Å². The van der Waals surface area contributed by atoms with Crippen molar-refractivity contribution in [3.63, 3.8) is 0 Å². The summed E-state index contributed by atoms with van der Waals surface area (Å²) in [7, 11) is 0. The number of aromatic nitrogens is 1. The highest BCUT2D eigenvalue weighted by Crippen LogP contribution is 2.32. The summed E-state index contributed by atoms with van der Waals surface area (Å²) in [5.41, 5.74) is 3.69. The Labute approximate surface area is 167 Å². The molecule has 7 heteroatoms. The minimum Gasteiger partial charge on any atom is -0.350 e. The fraction of sp³-hybridized carbons (Fsp3) is 0.400. The molecule has 2 aromatic heterocycles. The lowest BCUT2D eigenvalue weighted by atomic mass is 10.1. The number of benzene rings is 1. The zero-order valence-electron chi connectivity index (χ0n) is 15.7. The van der Waals surface area contributed by atoms with E-state index in [9.17, 15) is 4.79 Å². The van der Waals surface area contributed by atoms with Gasteiger partial charge in [0, 0.05) is 39.3 Å². The van der Waals surface area contributed by atoms with Crippen molar-refractivity contribution >= 4 is 43.9 Å². The number of hydrogen-bond donors (Lipinski definition) is 1. The molecule has 0 radical (unpaired) electrons. The number of nitrogens with one attached hydrogen (secondary N) is 1. The number of thiazole rings is 1. The van der Waals surface area contributed by atoms with E-state index < -0.39 is 0 Å². The van der Waals surface area contributed by atoms with Crippen LogP contribution in [0.5, 0.6) is 0 Å². The number of rotatable bonds is 5. The Morgan fingerprint density at radius 1 is 1.22 bits per heavy atom. The number of carbonyl (C=O) groups excluding carboxylic acids is 1. The minimum absolute atomic E-state index is 0.0313. The predicted octanol–water partition coefficient (Wildman–Crippen LogP) is 3.53. The molecule has 142 valence electrons. The Kier molecular flexibility index (Phi) is 5.43. The highest BCUT2D eigenvalue weighted by Gasteiger charge is 2.20. The van der Waals surface area contributed by atoms with Crippen molar-refractivity contribution in [1.29, 1.82) is 0 Å². The smallest absolute Gasteiger partial charge is 0.261 e. The molecule has 1 aliphatic rings. The first-order valence-electron chi connectivity index (χ1n) is 9.27. The number of amides is 1. The van der Waals surface area contributed by atoms with E-state index in [0.29, 0.717) is 6.54 Å². The van der Waals surface area contributed by atoms with Gasteiger partial charge in [0.1, 0.15) is 0 Å². The van der Waals surface area contributed by atoms with Crippen LogP contribution >= 0.6 is 22.7 Å². The average Bonchev–Trinajstić information content (AvgIpc) is 3.32. The summed E-state index contributed by atoms with van der Waals surface area (Å²) in [6.07, 6.45) is 0. The van der Waals surface area contributed by atoms with Gasteiger partial charge in [0.2, 0.25) is 0 Å². The van der Waals surface area contributed by atoms with Gasteiger partial charge >= 0.3 is 0 Å². The monoisotopic (exact) mass is 400 g/mol. The fourth-order valence-corrected chi connectivity index (χ4v) is 5.31. The van der Waals surface area contributed by atoms with Crippen LogP contribution in [0, 0.1) is 13.8 Å². The molecule has 27 heavy (non-hydrogen) atoms. The highest BCUT2D eigenvalue weighted by molar-refractivity contribution is 7.22. The Morgan fingerprint density at radius 3 is 2.78 bits per heavy atom. The molecule has 0 saturated carbocycles. The van der Waals surface area contributed by atoms with Crippen LogP contribution < -0.4 is 10.2 Å². The molecule has 0 bridgehead atoms. The molecule has 0 unspecified atom stereocenters. The van der Waals surface area contributed by atoms with Gasteiger partial charge in [-0.25, -0.2) is 4.98 Å². The van der Waals surface area contributed by atoms with Gasteiger partial charge < -0.3 is 10.2 Å². The number of carbonyl (C=O) groups is 1. The van der Waals surface area contributed by atoms with E-state index in [4.69, 9.17) is 4.98 Å². The van der Waals surface area contributed by atoms with E-state index >= 15 is 0 Å². The number of aryl methyl sites for hydroxylation is 2. The molecule has 0 aliphatic carbocycles. The van der Waals surface area contributed by atoms with Crippen LogP contribution in [0.25, 0.3) is 10.2 Å². The third kappa shape index (κ3) is 4.15. The van der Waals surface area contributed by atoms with Gasteiger partial charge in [-0.2, -0.15) is 0 Å². The molecule has 3 heterocycles. The van der Waals surface area contributed by atoms with Gasteiger partial charge in [-0.15, -0.1) is 11.3 Å². The quantitative estimate of drug-likeness (QED) is 0.712. The van der Waals surface area contributed by atoms with Crippen molar-refractivity contribution in [2.75, 3.05) is 44.2 Å². The molecule has 1 N–H and O–H groups in total. The van der Waals surface area contributed by atoms with E-state index in [1.165, 1.54) is 27.2 Å². The highest BCUT2D eigenvalue weighted by atomic mass is 32.1. The van der Waals surface area contributed by atoms with Crippen molar-refractivity contribution in [2.24, 2.45) is 0 Å². The molecule has 0 spiro atoms. The number of thiophene rings is 1. The van der Waals surface area contributed by atoms with Crippen molar-refractivity contribution in [3.8, 4) is 0 Å². The number of anilines is 1. The Balaban J connectivity index is 1.29. The van der Waals surface area contributed by atoms with Gasteiger partial charge in [-0.05, 0) is 42.5 Å². The summed E-state index contributed by atoms with van der Waals surface area (Å²) >= 11 is 3.27. The van der Waals surface area contributed by atoms with Crippen LogP contribution in [0.1, 0.15) is 20.8 Å². The average molecular weight is 401 g/mol.